The topological polar surface area (TPSA) is 74.7 Å². The van der Waals surface area contributed by atoms with E-state index in [4.69, 9.17) is 0 Å². The van der Waals surface area contributed by atoms with Gasteiger partial charge in [-0.1, -0.05) is 6.07 Å². The molecule has 4 heterocycles. The number of carbonyl (C=O) groups is 3. The zero-order valence-electron chi connectivity index (χ0n) is 14.4. The normalized spacial score (nSPS) is 23.0. The fourth-order valence-corrected chi connectivity index (χ4v) is 4.35. The second kappa shape index (κ2) is 6.60. The van der Waals surface area contributed by atoms with Crippen molar-refractivity contribution in [3.8, 4) is 0 Å². The Morgan fingerprint density at radius 3 is 2.81 bits per heavy atom. The second-order valence-corrected chi connectivity index (χ2v) is 7.68. The molecule has 26 heavy (non-hydrogen) atoms. The number of hydrogen-bond acceptors (Lipinski definition) is 4. The molecule has 2 saturated heterocycles. The van der Waals surface area contributed by atoms with Crippen molar-refractivity contribution in [2.45, 2.75) is 18.5 Å². The molecule has 0 unspecified atom stereocenters. The highest BCUT2D eigenvalue weighted by atomic mass is 32.1. The molecule has 0 aromatic carbocycles. The van der Waals surface area contributed by atoms with Gasteiger partial charge in [0.15, 0.2) is 0 Å². The third kappa shape index (κ3) is 2.90. The summed E-state index contributed by atoms with van der Waals surface area (Å²) >= 11 is 1.58. The van der Waals surface area contributed by atoms with Gasteiger partial charge in [0.2, 0.25) is 11.8 Å². The molecule has 0 spiro atoms. The van der Waals surface area contributed by atoms with E-state index in [0.29, 0.717) is 25.2 Å². The summed E-state index contributed by atoms with van der Waals surface area (Å²) in [7, 11) is 1.81. The summed E-state index contributed by atoms with van der Waals surface area (Å²) in [5.41, 5.74) is 0.580. The third-order valence-corrected chi connectivity index (χ3v) is 5.91. The number of fused-ring (bicyclic) bond motifs is 1. The Bertz CT molecular complexity index is 845. The van der Waals surface area contributed by atoms with Crippen LogP contribution < -0.4 is 5.32 Å². The summed E-state index contributed by atoms with van der Waals surface area (Å²) in [5.74, 6) is -0.359. The standard InChI is InChI=1S/C18H20N4O3S/c1-20-6-2-5-14(20)18(25)21-7-8-22-15(11-21)16(23)19-13(17(22)24)10-12-4-3-9-26-12/h2-6,9,13,15H,7-8,10-11H2,1H3,(H,19,23)/t13-,15+/m0/s1. The number of thiophene rings is 1. The predicted octanol–water partition coefficient (Wildman–Crippen LogP) is 0.481. The van der Waals surface area contributed by atoms with Crippen molar-refractivity contribution in [2.75, 3.05) is 19.6 Å². The van der Waals surface area contributed by atoms with Crippen molar-refractivity contribution in [1.29, 1.82) is 0 Å². The molecule has 0 aliphatic carbocycles. The molecule has 0 radical (unpaired) electrons. The number of aryl methyl sites for hydroxylation is 1. The Labute approximate surface area is 155 Å². The van der Waals surface area contributed by atoms with Gasteiger partial charge in [-0.3, -0.25) is 14.4 Å². The summed E-state index contributed by atoms with van der Waals surface area (Å²) in [4.78, 5) is 42.4. The van der Waals surface area contributed by atoms with Crippen LogP contribution >= 0.6 is 11.3 Å². The molecule has 2 aromatic rings. The van der Waals surface area contributed by atoms with Gasteiger partial charge < -0.3 is 19.7 Å². The number of aromatic nitrogens is 1. The maximum Gasteiger partial charge on any atom is 0.270 e. The van der Waals surface area contributed by atoms with Gasteiger partial charge in [0.05, 0.1) is 6.54 Å². The maximum atomic E-state index is 12.8. The molecule has 4 rings (SSSR count). The zero-order chi connectivity index (χ0) is 18.3. The molecule has 2 fully saturated rings. The molecule has 0 bridgehead atoms. The Kier molecular flexibility index (Phi) is 4.28. The van der Waals surface area contributed by atoms with Gasteiger partial charge in [-0.25, -0.2) is 0 Å². The SMILES string of the molecule is Cn1cccc1C(=O)N1CCN2C(=O)[C@H](Cc3cccs3)NC(=O)[C@H]2C1. The lowest BCUT2D eigenvalue weighted by molar-refractivity contribution is -0.152. The van der Waals surface area contributed by atoms with Crippen LogP contribution in [0.25, 0.3) is 0 Å². The fourth-order valence-electron chi connectivity index (χ4n) is 3.60. The van der Waals surface area contributed by atoms with E-state index < -0.39 is 12.1 Å². The number of carbonyl (C=O) groups excluding carboxylic acids is 3. The van der Waals surface area contributed by atoms with E-state index in [0.717, 1.165) is 4.88 Å². The largest absolute Gasteiger partial charge is 0.347 e. The number of rotatable bonds is 3. The lowest BCUT2D eigenvalue weighted by Crippen LogP contribution is -2.70. The minimum Gasteiger partial charge on any atom is -0.347 e. The Morgan fingerprint density at radius 2 is 2.12 bits per heavy atom. The number of piperazine rings is 2. The molecule has 2 aliphatic rings. The van der Waals surface area contributed by atoms with Gasteiger partial charge in [0, 0.05) is 37.6 Å². The van der Waals surface area contributed by atoms with E-state index in [1.54, 1.807) is 31.8 Å². The van der Waals surface area contributed by atoms with Crippen molar-refractivity contribution in [1.82, 2.24) is 19.7 Å². The number of hydrogen-bond donors (Lipinski definition) is 1. The van der Waals surface area contributed by atoms with Crippen LogP contribution in [0.4, 0.5) is 0 Å². The average Bonchev–Trinajstić information content (AvgIpc) is 3.30. The highest BCUT2D eigenvalue weighted by molar-refractivity contribution is 7.09. The van der Waals surface area contributed by atoms with Crippen LogP contribution in [-0.2, 0) is 23.1 Å². The summed E-state index contributed by atoms with van der Waals surface area (Å²) in [6.45, 7) is 1.05. The molecule has 2 atom stereocenters. The van der Waals surface area contributed by atoms with E-state index in [1.807, 2.05) is 36.8 Å². The van der Waals surface area contributed by atoms with Gasteiger partial charge in [0.25, 0.3) is 5.91 Å². The highest BCUT2D eigenvalue weighted by Crippen LogP contribution is 2.21. The first kappa shape index (κ1) is 16.8. The Hall–Kier alpha value is -2.61. The average molecular weight is 372 g/mol. The van der Waals surface area contributed by atoms with E-state index in [2.05, 4.69) is 5.32 Å². The Morgan fingerprint density at radius 1 is 1.27 bits per heavy atom. The quantitative estimate of drug-likeness (QED) is 0.852. The molecule has 2 aromatic heterocycles. The van der Waals surface area contributed by atoms with E-state index in [-0.39, 0.29) is 24.3 Å². The molecular formula is C18H20N4O3S. The summed E-state index contributed by atoms with van der Waals surface area (Å²) in [6, 6.07) is 6.35. The molecule has 1 N–H and O–H groups in total. The Balaban J connectivity index is 1.47. The molecule has 0 saturated carbocycles. The van der Waals surface area contributed by atoms with Gasteiger partial charge in [-0.2, -0.15) is 0 Å². The first-order chi connectivity index (χ1) is 12.5. The lowest BCUT2D eigenvalue weighted by atomic mass is 10.0. The lowest BCUT2D eigenvalue weighted by Gasteiger charge is -2.45. The van der Waals surface area contributed by atoms with Crippen LogP contribution in [0.1, 0.15) is 15.4 Å². The summed E-state index contributed by atoms with van der Waals surface area (Å²) < 4.78 is 1.76. The molecule has 3 amide bonds. The predicted molar refractivity (Wildman–Crippen MR) is 96.8 cm³/mol. The van der Waals surface area contributed by atoms with Crippen LogP contribution in [0.2, 0.25) is 0 Å². The third-order valence-electron chi connectivity index (χ3n) is 5.02. The zero-order valence-corrected chi connectivity index (χ0v) is 15.2. The number of nitrogens with one attached hydrogen (secondary N) is 1. The molecule has 2 aliphatic heterocycles. The van der Waals surface area contributed by atoms with Crippen molar-refractivity contribution in [3.05, 3.63) is 46.4 Å². The van der Waals surface area contributed by atoms with Crippen LogP contribution in [-0.4, -0.2) is 63.8 Å². The molecular weight excluding hydrogens is 352 g/mol. The number of nitrogens with zero attached hydrogens (tertiary/aromatic N) is 3. The first-order valence-corrected chi connectivity index (χ1v) is 9.46. The van der Waals surface area contributed by atoms with Gasteiger partial charge in [-0.05, 0) is 23.6 Å². The van der Waals surface area contributed by atoms with E-state index >= 15 is 0 Å². The first-order valence-electron chi connectivity index (χ1n) is 8.58. The van der Waals surface area contributed by atoms with E-state index in [9.17, 15) is 14.4 Å². The van der Waals surface area contributed by atoms with Crippen LogP contribution in [0, 0.1) is 0 Å². The van der Waals surface area contributed by atoms with Crippen LogP contribution in [0.15, 0.2) is 35.8 Å². The van der Waals surface area contributed by atoms with Crippen molar-refractivity contribution >= 4 is 29.1 Å². The second-order valence-electron chi connectivity index (χ2n) is 6.65. The van der Waals surface area contributed by atoms with Gasteiger partial charge >= 0.3 is 0 Å². The van der Waals surface area contributed by atoms with Gasteiger partial charge in [-0.15, -0.1) is 11.3 Å². The minimum absolute atomic E-state index is 0.0611. The molecule has 136 valence electrons. The summed E-state index contributed by atoms with van der Waals surface area (Å²) in [6.07, 6.45) is 2.33. The van der Waals surface area contributed by atoms with Crippen molar-refractivity contribution in [2.24, 2.45) is 7.05 Å². The van der Waals surface area contributed by atoms with E-state index in [1.165, 1.54) is 0 Å². The highest BCUT2D eigenvalue weighted by Gasteiger charge is 2.44. The smallest absolute Gasteiger partial charge is 0.270 e. The summed E-state index contributed by atoms with van der Waals surface area (Å²) in [5, 5.41) is 4.80. The van der Waals surface area contributed by atoms with Gasteiger partial charge in [0.1, 0.15) is 17.8 Å². The van der Waals surface area contributed by atoms with Crippen molar-refractivity contribution < 1.29 is 14.4 Å². The number of amides is 3. The maximum absolute atomic E-state index is 12.8. The monoisotopic (exact) mass is 372 g/mol. The van der Waals surface area contributed by atoms with Crippen LogP contribution in [0.5, 0.6) is 0 Å². The fraction of sp³-hybridized carbons (Fsp3) is 0.389. The minimum atomic E-state index is -0.611. The van der Waals surface area contributed by atoms with Crippen LogP contribution in [0.3, 0.4) is 0 Å². The van der Waals surface area contributed by atoms with Crippen molar-refractivity contribution in [3.63, 3.8) is 0 Å². The molecule has 8 heteroatoms. The molecule has 7 nitrogen and oxygen atoms in total.